The first-order chi connectivity index (χ1) is 46.1. The van der Waals surface area contributed by atoms with E-state index in [0.29, 0.717) is 12.8 Å². The van der Waals surface area contributed by atoms with Gasteiger partial charge in [-0.15, -0.1) is 0 Å². The van der Waals surface area contributed by atoms with Gasteiger partial charge in [0.05, 0.1) is 53.7 Å². The number of ether oxygens (including phenoxy) is 2. The van der Waals surface area contributed by atoms with Gasteiger partial charge in [0.2, 0.25) is 23.6 Å². The predicted octanol–water partition coefficient (Wildman–Crippen LogP) is 15.9. The van der Waals surface area contributed by atoms with E-state index in [4.69, 9.17) is 0 Å². The molecule has 0 rings (SSSR count). The average molecular weight is 1610 g/mol. The minimum atomic E-state index is -9.09. The number of hydrogen-bond acceptors (Lipinski definition) is 8. The van der Waals surface area contributed by atoms with Crippen molar-refractivity contribution in [2.45, 2.75) is 264 Å². The van der Waals surface area contributed by atoms with Crippen molar-refractivity contribution in [1.82, 2.24) is 21.3 Å². The summed E-state index contributed by atoms with van der Waals surface area (Å²) in [5, 5.41) is 8.56. The number of alkyl halides is 34. The first-order valence-electron chi connectivity index (χ1n) is 30.8. The first kappa shape index (κ1) is 98.4. The molecule has 614 valence electrons. The van der Waals surface area contributed by atoms with Gasteiger partial charge < -0.3 is 35.2 Å². The smallest absolute Gasteiger partial charge is 0.460 e. The van der Waals surface area contributed by atoms with Crippen molar-refractivity contribution in [3.8, 4) is 0 Å². The van der Waals surface area contributed by atoms with Crippen LogP contribution in [0.15, 0.2) is 0 Å². The molecule has 0 aliphatic carbocycles. The molecule has 4 amide bonds. The Morgan fingerprint density at radius 3 is 0.875 bits per heavy atom. The fourth-order valence-corrected chi connectivity index (χ4v) is 9.09. The maximum Gasteiger partial charge on any atom is 0.460 e. The highest BCUT2D eigenvalue weighted by atomic mass is 19.4. The number of unbranched alkanes of at least 4 members (excludes halogenated alkanes) is 7. The number of quaternary nitrogens is 1. The van der Waals surface area contributed by atoms with Crippen LogP contribution in [0.1, 0.15) is 144 Å². The van der Waals surface area contributed by atoms with Crippen LogP contribution in [0.5, 0.6) is 0 Å². The van der Waals surface area contributed by atoms with E-state index in [1.165, 1.54) is 33.0 Å². The van der Waals surface area contributed by atoms with Gasteiger partial charge in [-0.1, -0.05) is 73.6 Å². The lowest BCUT2D eigenvalue weighted by Crippen LogP contribution is -2.74. The molecule has 13 nitrogen and oxygen atoms in total. The standard InChI is InChI=1S/C57H75F34N5O8/c1-29(2)26-33(92-36(97)18-16-14-12-10-11-13-15-17-23-96(7,8)9)38(99)94-35(28-31(5)6)40(101)95-34(27-30(3)4)39(100)93-32(41(102)104-25-22-43(60,61)45(64,65)47(68,69)49(72,73)51(76,77)53(80,81)55(84,85)57(89,90)91)19-20-37(98)103-24-21-42(58,59)44(62,63)46(66,67)48(70,71)50(74,75)52(78,79)54(82,83)56(86,87)88/h29-35H,10-28H2,1-9H3,(H3-,92,93,94,95,97,99,100,101)/p+1/t32-,33-,34-,35-/m0/s1. The van der Waals surface area contributed by atoms with E-state index in [1.807, 2.05) is 0 Å². The zero-order valence-corrected chi connectivity index (χ0v) is 56.0. The molecule has 0 spiro atoms. The molecular weight excluding hydrogens is 1530 g/mol. The number of esters is 2. The number of halogens is 34. The number of carbonyl (C=O) groups is 6. The van der Waals surface area contributed by atoms with Crippen LogP contribution in [-0.2, 0) is 38.2 Å². The van der Waals surface area contributed by atoms with Crippen LogP contribution in [-0.4, -0.2) is 200 Å². The monoisotopic (exact) mass is 1600 g/mol. The van der Waals surface area contributed by atoms with E-state index in [1.54, 1.807) is 13.8 Å². The summed E-state index contributed by atoms with van der Waals surface area (Å²) in [5.41, 5.74) is 0. The third-order valence-corrected chi connectivity index (χ3v) is 15.2. The van der Waals surface area contributed by atoms with Gasteiger partial charge in [0.15, 0.2) is 0 Å². The molecule has 4 N–H and O–H groups in total. The Hall–Kier alpha value is -5.60. The molecule has 0 aromatic carbocycles. The van der Waals surface area contributed by atoms with Gasteiger partial charge >= 0.3 is 107 Å². The SMILES string of the molecule is CC(C)C[C@H](NC(=O)CCCCCCCCCC[N+](C)(C)C)C(=O)N[C@@H](CC(C)C)C(=O)N[C@@H](CC(C)C)C(=O)N[C@@H](CCC(=O)OCCC(F)(F)C(F)(F)C(F)(F)C(F)(F)C(F)(F)C(F)(F)C(F)(F)C(F)(F)F)C(=O)OCCC(F)(F)C(F)(F)C(F)(F)C(F)(F)C(F)(F)C(F)(F)C(F)(F)C(F)(F)F. The summed E-state index contributed by atoms with van der Waals surface area (Å²) in [6.45, 7) is 4.20. The van der Waals surface area contributed by atoms with Gasteiger partial charge in [0.25, 0.3) is 0 Å². The van der Waals surface area contributed by atoms with Crippen LogP contribution in [0, 0.1) is 17.8 Å². The average Bonchev–Trinajstić information content (AvgIpc) is 0.702. The molecule has 0 radical (unpaired) electrons. The van der Waals surface area contributed by atoms with E-state index in [2.05, 4.69) is 46.6 Å². The first-order valence-corrected chi connectivity index (χ1v) is 30.8. The topological polar surface area (TPSA) is 169 Å². The van der Waals surface area contributed by atoms with Gasteiger partial charge in [0, 0.05) is 12.8 Å². The van der Waals surface area contributed by atoms with Crippen LogP contribution in [0.3, 0.4) is 0 Å². The maximum absolute atomic E-state index is 14.9. The van der Waals surface area contributed by atoms with Crippen LogP contribution in [0.2, 0.25) is 0 Å². The summed E-state index contributed by atoms with van der Waals surface area (Å²) in [4.78, 5) is 80.9. The van der Waals surface area contributed by atoms with Gasteiger partial charge in [-0.2, -0.15) is 149 Å². The second kappa shape index (κ2) is 35.2. The third kappa shape index (κ3) is 22.5. The molecule has 0 aliphatic heterocycles. The Balaban J connectivity index is 7.33. The number of hydrogen-bond donors (Lipinski definition) is 4. The fraction of sp³-hybridized carbons (Fsp3) is 0.895. The normalized spacial score (nSPS) is 15.8. The summed E-state index contributed by atoms with van der Waals surface area (Å²) < 4.78 is 480. The van der Waals surface area contributed by atoms with E-state index in [0.717, 1.165) is 49.6 Å². The van der Waals surface area contributed by atoms with E-state index < -0.39 is 212 Å². The second-order valence-corrected chi connectivity index (χ2v) is 26.5. The molecule has 0 aliphatic rings. The van der Waals surface area contributed by atoms with Crippen molar-refractivity contribution in [3.63, 3.8) is 0 Å². The number of amides is 4. The highest BCUT2D eigenvalue weighted by molar-refractivity contribution is 5.95. The Kier molecular flexibility index (Phi) is 33.3. The number of rotatable bonds is 46. The molecular formula is C57H76F34N5O8+. The number of nitrogens with one attached hydrogen (secondary N) is 4. The molecule has 47 heteroatoms. The molecule has 0 aromatic rings. The minimum Gasteiger partial charge on any atom is -0.465 e. The maximum atomic E-state index is 14.9. The summed E-state index contributed by atoms with van der Waals surface area (Å²) in [6.07, 6.45) is -21.5. The molecule has 0 bridgehead atoms. The van der Waals surface area contributed by atoms with Crippen molar-refractivity contribution in [2.24, 2.45) is 17.8 Å². The largest absolute Gasteiger partial charge is 0.465 e. The van der Waals surface area contributed by atoms with E-state index in [-0.39, 0.29) is 25.2 Å². The molecule has 0 saturated heterocycles. The van der Waals surface area contributed by atoms with Gasteiger partial charge in [-0.3, -0.25) is 24.0 Å². The van der Waals surface area contributed by atoms with E-state index in [9.17, 15) is 178 Å². The van der Waals surface area contributed by atoms with Crippen LogP contribution in [0.25, 0.3) is 0 Å². The summed E-state index contributed by atoms with van der Waals surface area (Å²) >= 11 is 0. The zero-order valence-electron chi connectivity index (χ0n) is 56.0. The van der Waals surface area contributed by atoms with Crippen LogP contribution < -0.4 is 21.3 Å². The highest BCUT2D eigenvalue weighted by Crippen LogP contribution is 2.66. The lowest BCUT2D eigenvalue weighted by atomic mass is 9.88. The van der Waals surface area contributed by atoms with Crippen LogP contribution >= 0.6 is 0 Å². The Morgan fingerprint density at radius 1 is 0.317 bits per heavy atom. The van der Waals surface area contributed by atoms with Crippen molar-refractivity contribution < 1.29 is 192 Å². The zero-order chi connectivity index (χ0) is 82.7. The highest BCUT2D eigenvalue weighted by Gasteiger charge is 2.97. The molecule has 0 fully saturated rings. The minimum absolute atomic E-state index is 0.0633. The predicted molar refractivity (Wildman–Crippen MR) is 292 cm³/mol. The molecule has 0 unspecified atom stereocenters. The van der Waals surface area contributed by atoms with Gasteiger partial charge in [-0.25, -0.2) is 4.79 Å². The Bertz CT molecular complexity index is 2810. The number of nitrogens with zero attached hydrogens (tertiary/aromatic N) is 1. The van der Waals surface area contributed by atoms with Crippen molar-refractivity contribution >= 4 is 35.6 Å². The molecule has 4 atom stereocenters. The van der Waals surface area contributed by atoms with Crippen molar-refractivity contribution in [3.05, 3.63) is 0 Å². The molecule has 0 aromatic heterocycles. The van der Waals surface area contributed by atoms with Gasteiger partial charge in [0.1, 0.15) is 24.2 Å². The lowest BCUT2D eigenvalue weighted by Gasteiger charge is -2.42. The second-order valence-electron chi connectivity index (χ2n) is 26.5. The third-order valence-electron chi connectivity index (χ3n) is 15.2. The quantitative estimate of drug-likeness (QED) is 0.0202. The summed E-state index contributed by atoms with van der Waals surface area (Å²) in [5.74, 6) is -132. The van der Waals surface area contributed by atoms with E-state index >= 15 is 0 Å². The number of carbonyl (C=O) groups excluding carboxylic acids is 6. The molecule has 0 heterocycles. The molecule has 104 heavy (non-hydrogen) atoms. The van der Waals surface area contributed by atoms with Crippen LogP contribution in [0.4, 0.5) is 149 Å². The lowest BCUT2D eigenvalue weighted by molar-refractivity contribution is -0.870. The summed E-state index contributed by atoms with van der Waals surface area (Å²) in [6, 6.07) is -8.27. The van der Waals surface area contributed by atoms with Gasteiger partial charge in [-0.05, 0) is 62.7 Å². The van der Waals surface area contributed by atoms with Crippen molar-refractivity contribution in [1.29, 1.82) is 0 Å². The Labute approximate surface area is 570 Å². The molecule has 0 saturated carbocycles. The van der Waals surface area contributed by atoms with Crippen molar-refractivity contribution in [2.75, 3.05) is 40.9 Å². The fourth-order valence-electron chi connectivity index (χ4n) is 9.09. The Morgan fingerprint density at radius 2 is 0.577 bits per heavy atom. The summed E-state index contributed by atoms with van der Waals surface area (Å²) in [7, 11) is 6.18.